The van der Waals surface area contributed by atoms with Gasteiger partial charge >= 0.3 is 5.76 Å². The third-order valence-corrected chi connectivity index (χ3v) is 4.68. The number of halogens is 2. The lowest BCUT2D eigenvalue weighted by atomic mass is 10.3. The average Bonchev–Trinajstić information content (AvgIpc) is 2.49. The van der Waals surface area contributed by atoms with E-state index in [2.05, 4.69) is 10.2 Å². The van der Waals surface area contributed by atoms with Crippen molar-refractivity contribution in [1.82, 2.24) is 4.90 Å². The first kappa shape index (κ1) is 16.1. The molecule has 0 spiro atoms. The number of morpholine rings is 1. The van der Waals surface area contributed by atoms with E-state index < -0.39 is 15.6 Å². The normalized spacial score (nSPS) is 17.1. The number of nitrogens with zero attached hydrogens (tertiary/aromatic N) is 1. The van der Waals surface area contributed by atoms with Gasteiger partial charge in [-0.3, -0.25) is 4.90 Å². The summed E-state index contributed by atoms with van der Waals surface area (Å²) >= 11 is 0. The zero-order chi connectivity index (χ0) is 15.3. The third-order valence-electron chi connectivity index (χ3n) is 3.28. The molecule has 1 N–H and O–H groups in total. The lowest BCUT2D eigenvalue weighted by Crippen LogP contribution is -2.38. The van der Waals surface area contributed by atoms with Gasteiger partial charge in [-0.2, -0.15) is 8.78 Å². The van der Waals surface area contributed by atoms with Gasteiger partial charge in [0.25, 0.3) is 0 Å². The summed E-state index contributed by atoms with van der Waals surface area (Å²) in [5.41, 5.74) is 0.705. The Morgan fingerprint density at radius 2 is 1.81 bits per heavy atom. The summed E-state index contributed by atoms with van der Waals surface area (Å²) in [5, 5.41) is 3.14. The minimum Gasteiger partial charge on any atom is -0.384 e. The number of hydrogen-bond donors (Lipinski definition) is 1. The highest BCUT2D eigenvalue weighted by Gasteiger charge is 2.26. The molecule has 0 aliphatic carbocycles. The summed E-state index contributed by atoms with van der Waals surface area (Å²) in [7, 11) is -4.51. The van der Waals surface area contributed by atoms with Crippen LogP contribution in [-0.4, -0.2) is 58.5 Å². The summed E-state index contributed by atoms with van der Waals surface area (Å²) in [6, 6.07) is 5.38. The van der Waals surface area contributed by atoms with Crippen LogP contribution in [0.1, 0.15) is 0 Å². The zero-order valence-corrected chi connectivity index (χ0v) is 12.3. The number of rotatable bonds is 6. The van der Waals surface area contributed by atoms with E-state index in [0.717, 1.165) is 32.8 Å². The van der Waals surface area contributed by atoms with Crippen LogP contribution in [0.3, 0.4) is 0 Å². The van der Waals surface area contributed by atoms with Crippen LogP contribution in [0.5, 0.6) is 0 Å². The van der Waals surface area contributed by atoms with E-state index in [1.165, 1.54) is 24.3 Å². The van der Waals surface area contributed by atoms with Crippen LogP contribution in [0.25, 0.3) is 0 Å². The van der Waals surface area contributed by atoms with Crippen molar-refractivity contribution in [1.29, 1.82) is 0 Å². The molecule has 1 aromatic carbocycles. The minimum atomic E-state index is -4.51. The van der Waals surface area contributed by atoms with Crippen LogP contribution >= 0.6 is 0 Å². The van der Waals surface area contributed by atoms with Crippen molar-refractivity contribution in [3.05, 3.63) is 24.3 Å². The largest absolute Gasteiger partial charge is 0.384 e. The maximum absolute atomic E-state index is 12.4. The van der Waals surface area contributed by atoms with Crippen LogP contribution in [0.15, 0.2) is 29.2 Å². The van der Waals surface area contributed by atoms with Gasteiger partial charge in [0, 0.05) is 31.9 Å². The number of anilines is 1. The van der Waals surface area contributed by atoms with E-state index in [0.29, 0.717) is 12.2 Å². The standard InChI is InChI=1S/C13H18F2N2O3S/c14-13(15)21(18,19)12-3-1-11(2-4-12)16-5-6-17-7-9-20-10-8-17/h1-4,13,16H,5-10H2. The molecule has 118 valence electrons. The maximum Gasteiger partial charge on any atom is 0.341 e. The zero-order valence-electron chi connectivity index (χ0n) is 11.5. The summed E-state index contributed by atoms with van der Waals surface area (Å²) in [4.78, 5) is 1.89. The first-order valence-corrected chi connectivity index (χ1v) is 8.21. The van der Waals surface area contributed by atoms with Crippen molar-refractivity contribution in [2.75, 3.05) is 44.7 Å². The van der Waals surface area contributed by atoms with Crippen LogP contribution in [0, 0.1) is 0 Å². The summed E-state index contributed by atoms with van der Waals surface area (Å²) in [6.45, 7) is 4.81. The van der Waals surface area contributed by atoms with Crippen molar-refractivity contribution >= 4 is 15.5 Å². The second-order valence-electron chi connectivity index (χ2n) is 4.71. The van der Waals surface area contributed by atoms with E-state index in [-0.39, 0.29) is 4.90 Å². The Hall–Kier alpha value is -1.25. The van der Waals surface area contributed by atoms with Gasteiger partial charge in [-0.25, -0.2) is 8.42 Å². The van der Waals surface area contributed by atoms with Crippen molar-refractivity contribution in [2.24, 2.45) is 0 Å². The molecule has 1 fully saturated rings. The van der Waals surface area contributed by atoms with Crippen molar-refractivity contribution < 1.29 is 21.9 Å². The van der Waals surface area contributed by atoms with E-state index >= 15 is 0 Å². The number of hydrogen-bond acceptors (Lipinski definition) is 5. The molecule has 1 aromatic rings. The topological polar surface area (TPSA) is 58.6 Å². The monoisotopic (exact) mass is 320 g/mol. The Morgan fingerprint density at radius 3 is 2.38 bits per heavy atom. The molecule has 1 aliphatic heterocycles. The molecular weight excluding hydrogens is 302 g/mol. The van der Waals surface area contributed by atoms with E-state index in [4.69, 9.17) is 4.74 Å². The van der Waals surface area contributed by atoms with Gasteiger partial charge in [0.15, 0.2) is 0 Å². The highest BCUT2D eigenvalue weighted by Crippen LogP contribution is 2.20. The van der Waals surface area contributed by atoms with Gasteiger partial charge in [-0.15, -0.1) is 0 Å². The Kier molecular flexibility index (Phi) is 5.49. The first-order valence-electron chi connectivity index (χ1n) is 6.66. The smallest absolute Gasteiger partial charge is 0.341 e. The lowest BCUT2D eigenvalue weighted by molar-refractivity contribution is 0.0398. The molecule has 0 atom stereocenters. The average molecular weight is 320 g/mol. The molecule has 8 heteroatoms. The van der Waals surface area contributed by atoms with Gasteiger partial charge in [-0.05, 0) is 24.3 Å². The molecular formula is C13H18F2N2O3S. The molecule has 5 nitrogen and oxygen atoms in total. The predicted molar refractivity (Wildman–Crippen MR) is 75.4 cm³/mol. The first-order chi connectivity index (χ1) is 10.00. The van der Waals surface area contributed by atoms with Crippen molar-refractivity contribution in [3.63, 3.8) is 0 Å². The fourth-order valence-electron chi connectivity index (χ4n) is 2.05. The summed E-state index contributed by atoms with van der Waals surface area (Å²) < 4.78 is 52.6. The molecule has 2 rings (SSSR count). The van der Waals surface area contributed by atoms with Gasteiger partial charge < -0.3 is 10.1 Å². The highest BCUT2D eigenvalue weighted by atomic mass is 32.2. The van der Waals surface area contributed by atoms with Gasteiger partial charge in [0.2, 0.25) is 9.84 Å². The Balaban J connectivity index is 1.85. The van der Waals surface area contributed by atoms with E-state index in [1.807, 2.05) is 0 Å². The molecule has 21 heavy (non-hydrogen) atoms. The summed E-state index contributed by atoms with van der Waals surface area (Å²) in [5.74, 6) is -3.39. The number of benzene rings is 1. The maximum atomic E-state index is 12.4. The highest BCUT2D eigenvalue weighted by molar-refractivity contribution is 7.91. The van der Waals surface area contributed by atoms with E-state index in [1.54, 1.807) is 0 Å². The number of sulfone groups is 1. The molecule has 0 bridgehead atoms. The fraction of sp³-hybridized carbons (Fsp3) is 0.538. The van der Waals surface area contributed by atoms with Crippen LogP contribution < -0.4 is 5.32 Å². The van der Waals surface area contributed by atoms with Crippen LogP contribution in [-0.2, 0) is 14.6 Å². The molecule has 0 amide bonds. The van der Waals surface area contributed by atoms with Gasteiger partial charge in [0.1, 0.15) is 0 Å². The Bertz CT molecular complexity index is 543. The molecule has 0 aromatic heterocycles. The second-order valence-corrected chi connectivity index (χ2v) is 6.63. The third kappa shape index (κ3) is 4.36. The molecule has 1 heterocycles. The minimum absolute atomic E-state index is 0.365. The molecule has 1 saturated heterocycles. The lowest BCUT2D eigenvalue weighted by Gasteiger charge is -2.26. The van der Waals surface area contributed by atoms with Crippen LogP contribution in [0.4, 0.5) is 14.5 Å². The number of ether oxygens (including phenoxy) is 1. The predicted octanol–water partition coefficient (Wildman–Crippen LogP) is 1.43. The number of nitrogens with one attached hydrogen (secondary N) is 1. The molecule has 0 unspecified atom stereocenters. The summed E-state index contributed by atoms with van der Waals surface area (Å²) in [6.07, 6.45) is 0. The second kappa shape index (κ2) is 7.15. The fourth-order valence-corrected chi connectivity index (χ4v) is 2.77. The molecule has 0 radical (unpaired) electrons. The Morgan fingerprint density at radius 1 is 1.19 bits per heavy atom. The van der Waals surface area contributed by atoms with Crippen molar-refractivity contribution in [3.8, 4) is 0 Å². The van der Waals surface area contributed by atoms with Gasteiger partial charge in [0.05, 0.1) is 18.1 Å². The van der Waals surface area contributed by atoms with Gasteiger partial charge in [-0.1, -0.05) is 0 Å². The molecule has 0 saturated carbocycles. The Labute approximate surface area is 122 Å². The van der Waals surface area contributed by atoms with Crippen LogP contribution in [0.2, 0.25) is 0 Å². The quantitative estimate of drug-likeness (QED) is 0.859. The number of alkyl halides is 2. The van der Waals surface area contributed by atoms with Crippen molar-refractivity contribution in [2.45, 2.75) is 10.7 Å². The SMILES string of the molecule is O=S(=O)(c1ccc(NCCN2CCOCC2)cc1)C(F)F. The van der Waals surface area contributed by atoms with E-state index in [9.17, 15) is 17.2 Å². The molecule has 1 aliphatic rings.